The number of halogens is 3. The molecule has 1 aliphatic carbocycles. The maximum absolute atomic E-state index is 13.2. The molecule has 0 spiro atoms. The van der Waals surface area contributed by atoms with Crippen molar-refractivity contribution >= 4 is 17.8 Å². The molecule has 2 amide bonds. The Balaban J connectivity index is 1.53. The number of aromatic nitrogens is 4. The predicted molar refractivity (Wildman–Crippen MR) is 126 cm³/mol. The Morgan fingerprint density at radius 2 is 1.97 bits per heavy atom. The monoisotopic (exact) mass is 518 g/mol. The second-order valence-electron chi connectivity index (χ2n) is 8.86. The number of rotatable bonds is 7. The highest BCUT2D eigenvalue weighted by Crippen LogP contribution is 2.44. The topological polar surface area (TPSA) is 120 Å². The average Bonchev–Trinajstić information content (AvgIpc) is 3.36. The first-order valence-electron chi connectivity index (χ1n) is 11.4. The Bertz CT molecular complexity index is 1320. The third kappa shape index (κ3) is 5.98. The van der Waals surface area contributed by atoms with Crippen molar-refractivity contribution in [2.75, 3.05) is 12.4 Å². The largest absolute Gasteiger partial charge is 0.576 e. The first-order chi connectivity index (χ1) is 17.5. The number of nitrogens with one attached hydrogen (secondary N) is 2. The van der Waals surface area contributed by atoms with Crippen LogP contribution in [0, 0.1) is 6.92 Å². The maximum Gasteiger partial charge on any atom is 0.576 e. The van der Waals surface area contributed by atoms with Crippen molar-refractivity contribution in [1.29, 1.82) is 0 Å². The van der Waals surface area contributed by atoms with Gasteiger partial charge in [-0.3, -0.25) is 4.79 Å². The Morgan fingerprint density at radius 3 is 2.65 bits per heavy atom. The number of hydrogen-bond donors (Lipinski definition) is 2. The number of nitrogens with zero attached hydrogens (tertiary/aromatic N) is 4. The lowest BCUT2D eigenvalue weighted by molar-refractivity contribution is -0.291. The third-order valence-corrected chi connectivity index (χ3v) is 5.88. The number of benzene rings is 1. The molecular formula is C24H25F3N6O4. The minimum absolute atomic E-state index is 0.108. The number of carbonyl (C=O) groups excluding carboxylic acids is 2. The predicted octanol–water partition coefficient (Wildman–Crippen LogP) is 4.59. The van der Waals surface area contributed by atoms with Crippen LogP contribution >= 0.6 is 0 Å². The molecular weight excluding hydrogens is 493 g/mol. The normalized spacial score (nSPS) is 16.9. The molecule has 0 aliphatic heterocycles. The van der Waals surface area contributed by atoms with Gasteiger partial charge in [0.15, 0.2) is 5.82 Å². The summed E-state index contributed by atoms with van der Waals surface area (Å²) in [5, 5.41) is 13.0. The molecule has 3 aromatic rings. The van der Waals surface area contributed by atoms with Crippen LogP contribution in [-0.2, 0) is 4.74 Å². The van der Waals surface area contributed by atoms with Crippen LogP contribution < -0.4 is 15.4 Å². The van der Waals surface area contributed by atoms with Crippen molar-refractivity contribution in [3.05, 3.63) is 53.3 Å². The minimum atomic E-state index is -5.06. The molecule has 2 N–H and O–H groups in total. The fraction of sp³-hybridized carbons (Fsp3) is 0.375. The summed E-state index contributed by atoms with van der Waals surface area (Å²) in [6, 6.07) is 7.97. The number of alkyl carbamates (subject to hydrolysis) is 1. The van der Waals surface area contributed by atoms with Crippen molar-refractivity contribution in [1.82, 2.24) is 25.1 Å². The molecule has 1 fully saturated rings. The number of carbonyl (C=O) groups is 2. The van der Waals surface area contributed by atoms with E-state index in [4.69, 9.17) is 4.74 Å². The summed E-state index contributed by atoms with van der Waals surface area (Å²) in [5.41, 5.74) is 2.21. The van der Waals surface area contributed by atoms with Crippen LogP contribution in [0.4, 0.5) is 23.8 Å². The van der Waals surface area contributed by atoms with Gasteiger partial charge < -0.3 is 24.7 Å². The molecule has 4 rings (SSSR count). The van der Waals surface area contributed by atoms with Crippen molar-refractivity contribution in [2.45, 2.75) is 51.6 Å². The highest BCUT2D eigenvalue weighted by atomic mass is 19.4. The number of alkyl halides is 3. The van der Waals surface area contributed by atoms with Crippen LogP contribution in [0.3, 0.4) is 0 Å². The molecule has 2 aromatic heterocycles. The van der Waals surface area contributed by atoms with Crippen molar-refractivity contribution in [3.8, 4) is 17.3 Å². The van der Waals surface area contributed by atoms with E-state index in [1.165, 1.54) is 7.11 Å². The number of ether oxygens (including phenoxy) is 2. The van der Waals surface area contributed by atoms with Crippen LogP contribution in [-0.4, -0.2) is 51.3 Å². The summed E-state index contributed by atoms with van der Waals surface area (Å²) in [6.07, 6.45) is -4.62. The Kier molecular flexibility index (Phi) is 7.05. The van der Waals surface area contributed by atoms with E-state index < -0.39 is 24.4 Å². The highest BCUT2D eigenvalue weighted by Gasteiger charge is 2.43. The van der Waals surface area contributed by atoms with Crippen molar-refractivity contribution in [3.63, 3.8) is 0 Å². The molecule has 0 radical (unpaired) electrons. The van der Waals surface area contributed by atoms with E-state index in [-0.39, 0.29) is 23.3 Å². The van der Waals surface area contributed by atoms with Gasteiger partial charge in [0.1, 0.15) is 23.6 Å². The second kappa shape index (κ2) is 10.1. The summed E-state index contributed by atoms with van der Waals surface area (Å²) in [4.78, 5) is 29.2. The molecule has 37 heavy (non-hydrogen) atoms. The Hall–Kier alpha value is -4.16. The van der Waals surface area contributed by atoms with E-state index in [0.717, 1.165) is 5.56 Å². The van der Waals surface area contributed by atoms with Gasteiger partial charge in [-0.05, 0) is 62.6 Å². The summed E-state index contributed by atoms with van der Waals surface area (Å²) >= 11 is 0. The quantitative estimate of drug-likeness (QED) is 0.469. The molecule has 0 bridgehead atoms. The van der Waals surface area contributed by atoms with Gasteiger partial charge in [0.05, 0.1) is 12.7 Å². The summed E-state index contributed by atoms with van der Waals surface area (Å²) in [5.74, 6) is 0.386. The van der Waals surface area contributed by atoms with Gasteiger partial charge in [0.25, 0.3) is 5.91 Å². The summed E-state index contributed by atoms with van der Waals surface area (Å²) < 4.78 is 47.4. The molecule has 13 heteroatoms. The number of hydrogen-bond acceptors (Lipinski definition) is 7. The SMILES string of the molecule is COc1cc(C)c(C2CC2NC(=O)OC(F)(F)F)cc1C(=O)Nc1cccc(-c2nncn2C(C)C)n1. The zero-order valence-corrected chi connectivity index (χ0v) is 20.5. The number of anilines is 1. The fourth-order valence-corrected chi connectivity index (χ4v) is 4.04. The lowest BCUT2D eigenvalue weighted by Crippen LogP contribution is -2.32. The minimum Gasteiger partial charge on any atom is -0.496 e. The van der Waals surface area contributed by atoms with Gasteiger partial charge in [-0.25, -0.2) is 9.78 Å². The molecule has 2 unspecified atom stereocenters. The zero-order valence-electron chi connectivity index (χ0n) is 20.5. The average molecular weight is 518 g/mol. The molecule has 1 aliphatic rings. The van der Waals surface area contributed by atoms with Crippen LogP contribution in [0.2, 0.25) is 0 Å². The second-order valence-corrected chi connectivity index (χ2v) is 8.86. The zero-order chi connectivity index (χ0) is 26.9. The van der Waals surface area contributed by atoms with Gasteiger partial charge in [-0.15, -0.1) is 23.4 Å². The van der Waals surface area contributed by atoms with E-state index in [2.05, 4.69) is 30.6 Å². The number of pyridine rings is 1. The molecule has 2 atom stereocenters. The van der Waals surface area contributed by atoms with E-state index >= 15 is 0 Å². The number of aryl methyl sites for hydroxylation is 1. The van der Waals surface area contributed by atoms with Crippen LogP contribution in [0.25, 0.3) is 11.5 Å². The first-order valence-corrected chi connectivity index (χ1v) is 11.4. The van der Waals surface area contributed by atoms with Crippen LogP contribution in [0.15, 0.2) is 36.7 Å². The molecule has 10 nitrogen and oxygen atoms in total. The summed E-state index contributed by atoms with van der Waals surface area (Å²) in [7, 11) is 1.43. The van der Waals surface area contributed by atoms with Crippen molar-refractivity contribution < 1.29 is 32.2 Å². The van der Waals surface area contributed by atoms with E-state index in [1.54, 1.807) is 43.6 Å². The Morgan fingerprint density at radius 1 is 1.22 bits per heavy atom. The van der Waals surface area contributed by atoms with E-state index in [9.17, 15) is 22.8 Å². The first kappa shape index (κ1) is 25.9. The van der Waals surface area contributed by atoms with Crippen LogP contribution in [0.5, 0.6) is 5.75 Å². The van der Waals surface area contributed by atoms with Crippen molar-refractivity contribution in [2.24, 2.45) is 0 Å². The lowest BCUT2D eigenvalue weighted by atomic mass is 9.99. The van der Waals surface area contributed by atoms with Gasteiger partial charge in [0.2, 0.25) is 0 Å². The molecule has 1 saturated carbocycles. The smallest absolute Gasteiger partial charge is 0.496 e. The van der Waals surface area contributed by atoms with E-state index in [1.807, 2.05) is 18.4 Å². The van der Waals surface area contributed by atoms with Gasteiger partial charge in [-0.1, -0.05) is 6.07 Å². The number of methoxy groups -OCH3 is 1. The molecule has 0 saturated heterocycles. The van der Waals surface area contributed by atoms with Gasteiger partial charge in [0, 0.05) is 18.0 Å². The third-order valence-electron chi connectivity index (χ3n) is 5.88. The molecule has 2 heterocycles. The Labute approximate surface area is 210 Å². The highest BCUT2D eigenvalue weighted by molar-refractivity contribution is 6.06. The molecule has 1 aromatic carbocycles. The lowest BCUT2D eigenvalue weighted by Gasteiger charge is -2.15. The van der Waals surface area contributed by atoms with Crippen LogP contribution in [0.1, 0.15) is 53.7 Å². The molecule has 196 valence electrons. The maximum atomic E-state index is 13.2. The van der Waals surface area contributed by atoms with Gasteiger partial charge >= 0.3 is 12.5 Å². The number of amides is 2. The standard InChI is InChI=1S/C24H25F3N6O4/c1-12(2)33-11-28-32-21(33)17-6-5-7-20(29-17)31-22(34)16-9-14(13(3)8-19(16)36-4)15-10-18(15)30-23(35)37-24(25,26)27/h5-9,11-12,15,18H,10H2,1-4H3,(H,30,35)(H,29,31,34). The van der Waals surface area contributed by atoms with E-state index in [0.29, 0.717) is 29.3 Å². The summed E-state index contributed by atoms with van der Waals surface area (Å²) in [6.45, 7) is 5.76. The van der Waals surface area contributed by atoms with Gasteiger partial charge in [-0.2, -0.15) is 0 Å². The fourth-order valence-electron chi connectivity index (χ4n) is 4.04.